The number of esters is 1. The molecule has 0 spiro atoms. The summed E-state index contributed by atoms with van der Waals surface area (Å²) in [5.41, 5.74) is 0.903. The van der Waals surface area contributed by atoms with Crippen molar-refractivity contribution < 1.29 is 22.7 Å². The number of para-hydroxylation sites is 1. The molecule has 1 unspecified atom stereocenters. The second-order valence-corrected chi connectivity index (χ2v) is 7.14. The molecule has 1 aliphatic heterocycles. The third-order valence-electron chi connectivity index (χ3n) is 5.02. The van der Waals surface area contributed by atoms with Crippen molar-refractivity contribution in [3.63, 3.8) is 0 Å². The number of alkyl halides is 3. The summed E-state index contributed by atoms with van der Waals surface area (Å²) in [7, 11) is 0. The van der Waals surface area contributed by atoms with E-state index in [9.17, 15) is 18.0 Å². The second-order valence-electron chi connectivity index (χ2n) is 7.14. The van der Waals surface area contributed by atoms with Gasteiger partial charge in [-0.25, -0.2) is 9.48 Å². The van der Waals surface area contributed by atoms with Gasteiger partial charge < -0.3 is 9.64 Å². The fourth-order valence-corrected chi connectivity index (χ4v) is 3.50. The van der Waals surface area contributed by atoms with Gasteiger partial charge in [-0.15, -0.1) is 12.4 Å². The lowest BCUT2D eigenvalue weighted by Gasteiger charge is -2.34. The Balaban J connectivity index is 0.00000272. The van der Waals surface area contributed by atoms with Crippen LogP contribution in [0.1, 0.15) is 28.9 Å². The maximum Gasteiger partial charge on any atom is 0.435 e. The summed E-state index contributed by atoms with van der Waals surface area (Å²) in [4.78, 5) is 14.7. The van der Waals surface area contributed by atoms with E-state index in [1.54, 1.807) is 12.1 Å². The standard InChI is InChI=1S/C22H20F3N3O2.ClH/c23-22(24,25)20-12-14-28(26-20)18-10-8-16(9-11-18)21(29)30-19-7-4-13-27(15-19)17-5-2-1-3-6-17;/h1-3,5-6,8-12,14,19H,4,7,13,15H2;1H. The first kappa shape index (κ1) is 22.7. The lowest BCUT2D eigenvalue weighted by atomic mass is 10.1. The van der Waals surface area contributed by atoms with Crippen molar-refractivity contribution in [3.05, 3.63) is 78.1 Å². The van der Waals surface area contributed by atoms with E-state index in [1.807, 2.05) is 30.3 Å². The third kappa shape index (κ3) is 5.38. The molecule has 5 nitrogen and oxygen atoms in total. The molecule has 1 aromatic heterocycles. The first-order chi connectivity index (χ1) is 14.4. The highest BCUT2D eigenvalue weighted by atomic mass is 35.5. The highest BCUT2D eigenvalue weighted by molar-refractivity contribution is 5.89. The summed E-state index contributed by atoms with van der Waals surface area (Å²) in [6, 6.07) is 17.0. The molecule has 4 rings (SSSR count). The largest absolute Gasteiger partial charge is 0.457 e. The zero-order valence-corrected chi connectivity index (χ0v) is 17.3. The molecule has 31 heavy (non-hydrogen) atoms. The molecular formula is C22H21ClF3N3O2. The van der Waals surface area contributed by atoms with Crippen molar-refractivity contribution in [2.45, 2.75) is 25.1 Å². The zero-order valence-electron chi connectivity index (χ0n) is 16.5. The fraction of sp³-hybridized carbons (Fsp3) is 0.273. The number of hydrogen-bond acceptors (Lipinski definition) is 4. The SMILES string of the molecule is Cl.O=C(OC1CCCN(c2ccccc2)C1)c1ccc(-n2ccc(C(F)(F)F)n2)cc1. The highest BCUT2D eigenvalue weighted by Crippen LogP contribution is 2.28. The topological polar surface area (TPSA) is 47.4 Å². The van der Waals surface area contributed by atoms with Crippen LogP contribution < -0.4 is 4.90 Å². The summed E-state index contributed by atoms with van der Waals surface area (Å²) < 4.78 is 44.9. The molecule has 0 bridgehead atoms. The Hall–Kier alpha value is -3.00. The number of aromatic nitrogens is 2. The molecule has 0 saturated carbocycles. The molecule has 3 aromatic rings. The second kappa shape index (κ2) is 9.43. The van der Waals surface area contributed by atoms with E-state index in [4.69, 9.17) is 4.74 Å². The Labute approximate surface area is 183 Å². The summed E-state index contributed by atoms with van der Waals surface area (Å²) in [6.07, 6.45) is -1.77. The number of halogens is 4. The van der Waals surface area contributed by atoms with Crippen molar-refractivity contribution in [1.29, 1.82) is 0 Å². The van der Waals surface area contributed by atoms with E-state index in [1.165, 1.54) is 18.3 Å². The predicted molar refractivity (Wildman–Crippen MR) is 113 cm³/mol. The Morgan fingerprint density at radius 1 is 1.00 bits per heavy atom. The van der Waals surface area contributed by atoms with Gasteiger partial charge in [0.1, 0.15) is 6.10 Å². The van der Waals surface area contributed by atoms with Crippen molar-refractivity contribution in [2.75, 3.05) is 18.0 Å². The number of anilines is 1. The van der Waals surface area contributed by atoms with Crippen LogP contribution in [-0.2, 0) is 10.9 Å². The van der Waals surface area contributed by atoms with Crippen molar-refractivity contribution in [2.24, 2.45) is 0 Å². The molecule has 1 atom stereocenters. The first-order valence-corrected chi connectivity index (χ1v) is 9.64. The lowest BCUT2D eigenvalue weighted by molar-refractivity contribution is -0.141. The zero-order chi connectivity index (χ0) is 21.1. The van der Waals surface area contributed by atoms with Gasteiger partial charge in [0, 0.05) is 18.4 Å². The molecule has 0 amide bonds. The van der Waals surface area contributed by atoms with Crippen molar-refractivity contribution >= 4 is 24.1 Å². The Kier molecular flexibility index (Phi) is 6.90. The van der Waals surface area contributed by atoms with E-state index < -0.39 is 17.8 Å². The van der Waals surface area contributed by atoms with Gasteiger partial charge in [0.25, 0.3) is 0 Å². The Morgan fingerprint density at radius 2 is 1.71 bits per heavy atom. The molecule has 0 N–H and O–H groups in total. The summed E-state index contributed by atoms with van der Waals surface area (Å²) in [5.74, 6) is -0.446. The van der Waals surface area contributed by atoms with Crippen molar-refractivity contribution in [3.8, 4) is 5.69 Å². The molecule has 2 aromatic carbocycles. The minimum atomic E-state index is -4.50. The van der Waals surface area contributed by atoms with Crippen LogP contribution in [0.15, 0.2) is 66.9 Å². The van der Waals surface area contributed by atoms with Gasteiger partial charge in [0.05, 0.1) is 17.8 Å². The van der Waals surface area contributed by atoms with Crippen LogP contribution in [0, 0.1) is 0 Å². The van der Waals surface area contributed by atoms with Gasteiger partial charge in [0.2, 0.25) is 0 Å². The van der Waals surface area contributed by atoms with E-state index in [-0.39, 0.29) is 18.5 Å². The number of benzene rings is 2. The molecule has 9 heteroatoms. The Bertz CT molecular complexity index is 1010. The van der Waals surface area contributed by atoms with Gasteiger partial charge in [0.15, 0.2) is 5.69 Å². The van der Waals surface area contributed by atoms with E-state index in [2.05, 4.69) is 10.00 Å². The minimum absolute atomic E-state index is 0. The molecule has 2 heterocycles. The lowest BCUT2D eigenvalue weighted by Crippen LogP contribution is -2.40. The van der Waals surface area contributed by atoms with Crippen LogP contribution >= 0.6 is 12.4 Å². The minimum Gasteiger partial charge on any atom is -0.457 e. The maximum atomic E-state index is 12.7. The number of ether oxygens (including phenoxy) is 1. The number of nitrogens with zero attached hydrogens (tertiary/aromatic N) is 3. The van der Waals surface area contributed by atoms with Gasteiger partial charge in [-0.2, -0.15) is 18.3 Å². The van der Waals surface area contributed by atoms with Crippen LogP contribution in [0.3, 0.4) is 0 Å². The third-order valence-corrected chi connectivity index (χ3v) is 5.02. The van der Waals surface area contributed by atoms with E-state index >= 15 is 0 Å². The fourth-order valence-electron chi connectivity index (χ4n) is 3.50. The van der Waals surface area contributed by atoms with Crippen LogP contribution in [0.4, 0.5) is 18.9 Å². The molecular weight excluding hydrogens is 431 g/mol. The molecule has 1 aliphatic rings. The Morgan fingerprint density at radius 3 is 2.35 bits per heavy atom. The predicted octanol–water partition coefficient (Wildman–Crippen LogP) is 5.14. The van der Waals surface area contributed by atoms with Crippen LogP contribution in [0.2, 0.25) is 0 Å². The molecule has 164 valence electrons. The number of carbonyl (C=O) groups excluding carboxylic acids is 1. The number of piperidine rings is 1. The number of hydrogen-bond donors (Lipinski definition) is 0. The maximum absolute atomic E-state index is 12.7. The smallest absolute Gasteiger partial charge is 0.435 e. The monoisotopic (exact) mass is 451 g/mol. The molecule has 1 saturated heterocycles. The average molecular weight is 452 g/mol. The van der Waals surface area contributed by atoms with Gasteiger partial charge >= 0.3 is 12.1 Å². The number of rotatable bonds is 4. The molecule has 1 fully saturated rings. The summed E-state index contributed by atoms with van der Waals surface area (Å²) >= 11 is 0. The van der Waals surface area contributed by atoms with Crippen LogP contribution in [0.5, 0.6) is 0 Å². The quantitative estimate of drug-likeness (QED) is 0.515. The van der Waals surface area contributed by atoms with Gasteiger partial charge in [-0.1, -0.05) is 18.2 Å². The number of carbonyl (C=O) groups is 1. The molecule has 0 radical (unpaired) electrons. The summed E-state index contributed by atoms with van der Waals surface area (Å²) in [6.45, 7) is 1.54. The van der Waals surface area contributed by atoms with Crippen LogP contribution in [0.25, 0.3) is 5.69 Å². The first-order valence-electron chi connectivity index (χ1n) is 9.64. The summed E-state index contributed by atoms with van der Waals surface area (Å²) in [5, 5.41) is 3.53. The normalized spacial score (nSPS) is 16.5. The highest BCUT2D eigenvalue weighted by Gasteiger charge is 2.33. The van der Waals surface area contributed by atoms with E-state index in [0.717, 1.165) is 35.8 Å². The molecule has 0 aliphatic carbocycles. The van der Waals surface area contributed by atoms with E-state index in [0.29, 0.717) is 17.8 Å². The van der Waals surface area contributed by atoms with Crippen LogP contribution in [-0.4, -0.2) is 34.9 Å². The van der Waals surface area contributed by atoms with Crippen molar-refractivity contribution in [1.82, 2.24) is 9.78 Å². The van der Waals surface area contributed by atoms with Gasteiger partial charge in [-0.05, 0) is 55.3 Å². The van der Waals surface area contributed by atoms with Gasteiger partial charge in [-0.3, -0.25) is 0 Å². The average Bonchev–Trinajstić information content (AvgIpc) is 3.26.